The Balaban J connectivity index is 1.82. The minimum atomic E-state index is 0.815. The molecule has 1 aromatic carbocycles. The number of hydrogen-bond donors (Lipinski definition) is 0. The van der Waals surface area contributed by atoms with Crippen LogP contribution in [0.15, 0.2) is 55.1 Å². The topological polar surface area (TPSA) is 35.6 Å². The molecule has 4 heteroatoms. The number of benzene rings is 1. The summed E-state index contributed by atoms with van der Waals surface area (Å²) in [4.78, 5) is 4.33. The van der Waals surface area contributed by atoms with Crippen LogP contribution in [-0.4, -0.2) is 19.3 Å². The van der Waals surface area contributed by atoms with Crippen molar-refractivity contribution >= 4 is 0 Å². The van der Waals surface area contributed by atoms with Crippen LogP contribution < -0.4 is 0 Å². The molecule has 0 saturated heterocycles. The predicted molar refractivity (Wildman–Crippen MR) is 74.3 cm³/mol. The van der Waals surface area contributed by atoms with Crippen molar-refractivity contribution in [3.05, 3.63) is 66.5 Å². The predicted octanol–water partition coefficient (Wildman–Crippen LogP) is 2.68. The van der Waals surface area contributed by atoms with Gasteiger partial charge in [-0.3, -0.25) is 0 Å². The molecule has 0 aliphatic carbocycles. The first-order valence-electron chi connectivity index (χ1n) is 6.46. The third kappa shape index (κ3) is 2.42. The lowest BCUT2D eigenvalue weighted by atomic mass is 10.3. The van der Waals surface area contributed by atoms with Crippen LogP contribution >= 0.6 is 0 Å². The molecule has 3 aromatic rings. The highest BCUT2D eigenvalue weighted by molar-refractivity contribution is 5.30. The molecule has 0 amide bonds. The van der Waals surface area contributed by atoms with E-state index in [0.29, 0.717) is 0 Å². The number of rotatable bonds is 4. The van der Waals surface area contributed by atoms with Crippen molar-refractivity contribution in [2.45, 2.75) is 19.9 Å². The van der Waals surface area contributed by atoms with Crippen LogP contribution in [-0.2, 0) is 13.0 Å². The Hall–Kier alpha value is -2.36. The molecule has 0 aliphatic heterocycles. The largest absolute Gasteiger partial charge is 0.330 e. The molecular formula is C15H16N4. The minimum Gasteiger partial charge on any atom is -0.330 e. The van der Waals surface area contributed by atoms with Crippen LogP contribution in [0.5, 0.6) is 0 Å². The van der Waals surface area contributed by atoms with E-state index >= 15 is 0 Å². The molecule has 2 aromatic heterocycles. The lowest BCUT2D eigenvalue weighted by Crippen LogP contribution is -2.02. The number of hydrogen-bond acceptors (Lipinski definition) is 2. The standard InChI is InChI=1S/C15H16N4/c1-2-15-16-8-9-18(15)11-13-10-17-19(12-13)14-6-4-3-5-7-14/h3-10,12H,2,11H2,1H3. The number of para-hydroxylation sites is 1. The van der Waals surface area contributed by atoms with Crippen molar-refractivity contribution in [2.75, 3.05) is 0 Å². The molecule has 0 atom stereocenters. The highest BCUT2D eigenvalue weighted by Crippen LogP contribution is 2.10. The van der Waals surface area contributed by atoms with Crippen LogP contribution in [0.3, 0.4) is 0 Å². The van der Waals surface area contributed by atoms with Gasteiger partial charge in [0.2, 0.25) is 0 Å². The van der Waals surface area contributed by atoms with Gasteiger partial charge in [-0.25, -0.2) is 9.67 Å². The third-order valence-electron chi connectivity index (χ3n) is 3.13. The summed E-state index contributed by atoms with van der Waals surface area (Å²) in [5.41, 5.74) is 2.26. The highest BCUT2D eigenvalue weighted by Gasteiger charge is 2.04. The molecule has 0 spiro atoms. The van der Waals surface area contributed by atoms with Gasteiger partial charge in [0, 0.05) is 30.6 Å². The van der Waals surface area contributed by atoms with E-state index in [2.05, 4.69) is 27.8 Å². The summed E-state index contributed by atoms with van der Waals surface area (Å²) in [7, 11) is 0. The molecule has 0 saturated carbocycles. The van der Waals surface area contributed by atoms with Gasteiger partial charge in [-0.1, -0.05) is 25.1 Å². The normalized spacial score (nSPS) is 10.8. The fourth-order valence-corrected chi connectivity index (χ4v) is 2.16. The Morgan fingerprint density at radius 3 is 2.79 bits per heavy atom. The van der Waals surface area contributed by atoms with Crippen molar-refractivity contribution in [3.8, 4) is 5.69 Å². The van der Waals surface area contributed by atoms with Gasteiger partial charge in [-0.2, -0.15) is 5.10 Å². The Bertz CT molecular complexity index is 652. The van der Waals surface area contributed by atoms with E-state index in [4.69, 9.17) is 0 Å². The van der Waals surface area contributed by atoms with Crippen molar-refractivity contribution in [1.29, 1.82) is 0 Å². The molecular weight excluding hydrogens is 236 g/mol. The summed E-state index contributed by atoms with van der Waals surface area (Å²) in [5.74, 6) is 1.10. The summed E-state index contributed by atoms with van der Waals surface area (Å²) in [5, 5.41) is 4.41. The summed E-state index contributed by atoms with van der Waals surface area (Å²) in [6, 6.07) is 10.1. The van der Waals surface area contributed by atoms with E-state index < -0.39 is 0 Å². The van der Waals surface area contributed by atoms with Crippen molar-refractivity contribution < 1.29 is 0 Å². The van der Waals surface area contributed by atoms with Gasteiger partial charge in [0.1, 0.15) is 5.82 Å². The van der Waals surface area contributed by atoms with E-state index in [9.17, 15) is 0 Å². The Morgan fingerprint density at radius 1 is 1.16 bits per heavy atom. The molecule has 0 bridgehead atoms. The number of aryl methyl sites for hydroxylation is 1. The maximum absolute atomic E-state index is 4.41. The van der Waals surface area contributed by atoms with E-state index in [1.54, 1.807) is 0 Å². The molecule has 2 heterocycles. The summed E-state index contributed by atoms with van der Waals surface area (Å²) >= 11 is 0. The number of nitrogens with zero attached hydrogens (tertiary/aromatic N) is 4. The van der Waals surface area contributed by atoms with Gasteiger partial charge in [0.15, 0.2) is 0 Å². The van der Waals surface area contributed by atoms with Gasteiger partial charge in [0.05, 0.1) is 18.4 Å². The first-order chi connectivity index (χ1) is 9.36. The summed E-state index contributed by atoms with van der Waals surface area (Å²) in [6.07, 6.45) is 8.78. The molecule has 0 fully saturated rings. The first-order valence-corrected chi connectivity index (χ1v) is 6.46. The lowest BCUT2D eigenvalue weighted by Gasteiger charge is -2.03. The molecule has 0 aliphatic rings. The maximum atomic E-state index is 4.41. The number of aromatic nitrogens is 4. The zero-order chi connectivity index (χ0) is 13.1. The number of imidazole rings is 1. The summed E-state index contributed by atoms with van der Waals surface area (Å²) in [6.45, 7) is 2.93. The van der Waals surface area contributed by atoms with Crippen molar-refractivity contribution in [1.82, 2.24) is 19.3 Å². The molecule has 0 radical (unpaired) electrons. The first kappa shape index (κ1) is 11.7. The molecule has 0 N–H and O–H groups in total. The van der Waals surface area contributed by atoms with Crippen molar-refractivity contribution in [3.63, 3.8) is 0 Å². The molecule has 3 rings (SSSR count). The molecule has 0 unspecified atom stereocenters. The second kappa shape index (κ2) is 5.10. The van der Waals surface area contributed by atoms with Gasteiger partial charge in [-0.15, -0.1) is 0 Å². The van der Waals surface area contributed by atoms with E-state index in [1.165, 1.54) is 5.56 Å². The average Bonchev–Trinajstić information content (AvgIpc) is 3.09. The monoisotopic (exact) mass is 252 g/mol. The maximum Gasteiger partial charge on any atom is 0.108 e. The van der Waals surface area contributed by atoms with Gasteiger partial charge in [-0.05, 0) is 12.1 Å². The Labute approximate surface area is 112 Å². The Morgan fingerprint density at radius 2 is 2.00 bits per heavy atom. The van der Waals surface area contributed by atoms with Crippen LogP contribution in [0.25, 0.3) is 5.69 Å². The van der Waals surface area contributed by atoms with E-state index in [1.807, 2.05) is 53.6 Å². The minimum absolute atomic E-state index is 0.815. The SMILES string of the molecule is CCc1nccn1Cc1cnn(-c2ccccc2)c1. The average molecular weight is 252 g/mol. The van der Waals surface area contributed by atoms with Gasteiger partial charge in [0.25, 0.3) is 0 Å². The van der Waals surface area contributed by atoms with Crippen molar-refractivity contribution in [2.24, 2.45) is 0 Å². The van der Waals surface area contributed by atoms with Gasteiger partial charge < -0.3 is 4.57 Å². The molecule has 96 valence electrons. The zero-order valence-electron chi connectivity index (χ0n) is 10.9. The van der Waals surface area contributed by atoms with Crippen LogP contribution in [0, 0.1) is 0 Å². The zero-order valence-corrected chi connectivity index (χ0v) is 10.9. The fraction of sp³-hybridized carbons (Fsp3) is 0.200. The Kier molecular flexibility index (Phi) is 3.14. The van der Waals surface area contributed by atoms with Crippen LogP contribution in [0.2, 0.25) is 0 Å². The van der Waals surface area contributed by atoms with Crippen LogP contribution in [0.4, 0.5) is 0 Å². The fourth-order valence-electron chi connectivity index (χ4n) is 2.16. The van der Waals surface area contributed by atoms with E-state index in [0.717, 1.165) is 24.5 Å². The van der Waals surface area contributed by atoms with Crippen LogP contribution in [0.1, 0.15) is 18.3 Å². The quantitative estimate of drug-likeness (QED) is 0.715. The van der Waals surface area contributed by atoms with E-state index in [-0.39, 0.29) is 0 Å². The smallest absolute Gasteiger partial charge is 0.108 e. The molecule has 19 heavy (non-hydrogen) atoms. The molecule has 4 nitrogen and oxygen atoms in total. The second-order valence-corrected chi connectivity index (χ2v) is 4.45. The lowest BCUT2D eigenvalue weighted by molar-refractivity contribution is 0.732. The second-order valence-electron chi connectivity index (χ2n) is 4.45. The highest BCUT2D eigenvalue weighted by atomic mass is 15.3. The van der Waals surface area contributed by atoms with Gasteiger partial charge >= 0.3 is 0 Å². The summed E-state index contributed by atoms with van der Waals surface area (Å²) < 4.78 is 4.06. The third-order valence-corrected chi connectivity index (χ3v) is 3.13.